The van der Waals surface area contributed by atoms with E-state index in [0.29, 0.717) is 0 Å². The van der Waals surface area contributed by atoms with Crippen LogP contribution >= 0.6 is 0 Å². The summed E-state index contributed by atoms with van der Waals surface area (Å²) in [6.45, 7) is 5.41. The number of non-ortho nitro benzene ring substituents is 1. The number of hydrogen-bond acceptors (Lipinski definition) is 5. The van der Waals surface area contributed by atoms with Gasteiger partial charge in [0.05, 0.1) is 29.9 Å². The molecule has 0 unspecified atom stereocenters. The van der Waals surface area contributed by atoms with Crippen LogP contribution in [0, 0.1) is 10.1 Å². The van der Waals surface area contributed by atoms with Gasteiger partial charge in [0.2, 0.25) is 0 Å². The standard InChI is InChI=1S/C17H19N5O2/c1-14(15-5-7-16(8-6-15)22(23)24)19-21-12-10-20(11-13-21)17-4-2-3-9-18-17/h2-9H,10-13H2,1H3/p+1/b19-14+. The minimum Gasteiger partial charge on any atom is -0.289 e. The van der Waals surface area contributed by atoms with E-state index in [2.05, 4.69) is 26.1 Å². The molecule has 1 aromatic carbocycles. The molecule has 2 heterocycles. The minimum absolute atomic E-state index is 0.0966. The highest BCUT2D eigenvalue weighted by Gasteiger charge is 2.22. The van der Waals surface area contributed by atoms with E-state index >= 15 is 0 Å². The lowest BCUT2D eigenvalue weighted by atomic mass is 10.1. The molecule has 0 aliphatic carbocycles. The summed E-state index contributed by atoms with van der Waals surface area (Å²) in [7, 11) is 0. The van der Waals surface area contributed by atoms with Gasteiger partial charge in [-0.25, -0.2) is 4.98 Å². The summed E-state index contributed by atoms with van der Waals surface area (Å²) in [4.78, 5) is 15.9. The number of nitro groups is 1. The fraction of sp³-hybridized carbons (Fsp3) is 0.294. The van der Waals surface area contributed by atoms with Crippen LogP contribution in [0.2, 0.25) is 0 Å². The third kappa shape index (κ3) is 3.68. The highest BCUT2D eigenvalue weighted by atomic mass is 16.6. The van der Waals surface area contributed by atoms with Crippen molar-refractivity contribution in [3.63, 3.8) is 0 Å². The van der Waals surface area contributed by atoms with E-state index in [1.54, 1.807) is 12.1 Å². The van der Waals surface area contributed by atoms with E-state index < -0.39 is 4.92 Å². The van der Waals surface area contributed by atoms with Crippen molar-refractivity contribution in [2.45, 2.75) is 6.92 Å². The normalized spacial score (nSPS) is 15.5. The van der Waals surface area contributed by atoms with Crippen LogP contribution in [-0.2, 0) is 0 Å². The molecule has 3 rings (SSSR count). The molecule has 0 bridgehead atoms. The van der Waals surface area contributed by atoms with E-state index in [9.17, 15) is 10.1 Å². The quantitative estimate of drug-likeness (QED) is 0.489. The van der Waals surface area contributed by atoms with Gasteiger partial charge >= 0.3 is 0 Å². The van der Waals surface area contributed by atoms with Crippen molar-refractivity contribution in [3.05, 3.63) is 64.3 Å². The first-order valence-corrected chi connectivity index (χ1v) is 7.90. The van der Waals surface area contributed by atoms with Crippen LogP contribution in [0.15, 0.2) is 53.8 Å². The van der Waals surface area contributed by atoms with Gasteiger partial charge in [0.25, 0.3) is 11.5 Å². The molecule has 0 saturated carbocycles. The summed E-state index contributed by atoms with van der Waals surface area (Å²) in [5.74, 6) is 1.12. The molecule has 0 amide bonds. The summed E-state index contributed by atoms with van der Waals surface area (Å²) >= 11 is 0. The maximum atomic E-state index is 10.7. The average Bonchev–Trinajstić information content (AvgIpc) is 2.63. The van der Waals surface area contributed by atoms with E-state index in [0.717, 1.165) is 43.3 Å². The number of aromatic amines is 1. The Morgan fingerprint density at radius 2 is 1.83 bits per heavy atom. The lowest BCUT2D eigenvalue weighted by Crippen LogP contribution is -2.46. The third-order valence-electron chi connectivity index (χ3n) is 4.08. The summed E-state index contributed by atoms with van der Waals surface area (Å²) < 4.78 is 0. The van der Waals surface area contributed by atoms with Gasteiger partial charge < -0.3 is 0 Å². The molecule has 24 heavy (non-hydrogen) atoms. The zero-order valence-electron chi connectivity index (χ0n) is 13.6. The molecule has 1 saturated heterocycles. The first-order chi connectivity index (χ1) is 11.6. The fourth-order valence-corrected chi connectivity index (χ4v) is 2.71. The van der Waals surface area contributed by atoms with E-state index in [-0.39, 0.29) is 5.69 Å². The number of hydrazone groups is 1. The Balaban J connectivity index is 1.62. The first-order valence-electron chi connectivity index (χ1n) is 7.90. The zero-order valence-corrected chi connectivity index (χ0v) is 13.6. The van der Waals surface area contributed by atoms with Gasteiger partial charge in [-0.15, -0.1) is 0 Å². The summed E-state index contributed by atoms with van der Waals surface area (Å²) in [5, 5.41) is 17.4. The summed E-state index contributed by atoms with van der Waals surface area (Å²) in [6.07, 6.45) is 1.93. The molecule has 7 heteroatoms. The van der Waals surface area contributed by atoms with Gasteiger partial charge in [-0.2, -0.15) is 5.10 Å². The van der Waals surface area contributed by atoms with Crippen molar-refractivity contribution in [2.75, 3.05) is 31.1 Å². The molecule has 0 atom stereocenters. The van der Waals surface area contributed by atoms with Crippen molar-refractivity contribution < 1.29 is 9.91 Å². The number of rotatable bonds is 4. The minimum atomic E-state index is -0.393. The van der Waals surface area contributed by atoms with Crippen LogP contribution in [0.3, 0.4) is 0 Å². The monoisotopic (exact) mass is 326 g/mol. The Bertz CT molecular complexity index is 722. The van der Waals surface area contributed by atoms with Crippen molar-refractivity contribution >= 4 is 17.2 Å². The molecule has 124 valence electrons. The average molecular weight is 326 g/mol. The van der Waals surface area contributed by atoms with Gasteiger partial charge in [-0.05, 0) is 30.7 Å². The molecule has 0 spiro atoms. The number of aromatic nitrogens is 1. The van der Waals surface area contributed by atoms with Gasteiger partial charge in [-0.1, -0.05) is 6.07 Å². The molecule has 2 aromatic rings. The summed E-state index contributed by atoms with van der Waals surface area (Å²) in [5.41, 5.74) is 1.86. The Morgan fingerprint density at radius 1 is 1.12 bits per heavy atom. The molecule has 1 fully saturated rings. The Kier molecular flexibility index (Phi) is 4.69. The number of nitrogens with one attached hydrogen (secondary N) is 1. The van der Waals surface area contributed by atoms with Crippen LogP contribution in [0.25, 0.3) is 0 Å². The molecule has 1 aromatic heterocycles. The second-order valence-electron chi connectivity index (χ2n) is 5.68. The van der Waals surface area contributed by atoms with Gasteiger partial charge in [-0.3, -0.25) is 20.0 Å². The molecular formula is C17H20N5O2+. The largest absolute Gasteiger partial charge is 0.289 e. The second kappa shape index (κ2) is 7.08. The summed E-state index contributed by atoms with van der Waals surface area (Å²) in [6, 6.07) is 12.6. The van der Waals surface area contributed by atoms with E-state index in [1.165, 1.54) is 12.1 Å². The van der Waals surface area contributed by atoms with Crippen LogP contribution in [0.1, 0.15) is 12.5 Å². The molecule has 0 radical (unpaired) electrons. The van der Waals surface area contributed by atoms with Crippen LogP contribution in [0.5, 0.6) is 0 Å². The van der Waals surface area contributed by atoms with Gasteiger partial charge in [0.15, 0.2) is 0 Å². The third-order valence-corrected chi connectivity index (χ3v) is 4.08. The lowest BCUT2D eigenvalue weighted by Gasteiger charge is -2.29. The number of nitro benzene ring substituents is 1. The van der Waals surface area contributed by atoms with Crippen LogP contribution < -0.4 is 9.88 Å². The Hall–Kier alpha value is -2.96. The van der Waals surface area contributed by atoms with Crippen molar-refractivity contribution in [2.24, 2.45) is 5.10 Å². The predicted molar refractivity (Wildman–Crippen MR) is 92.1 cm³/mol. The smallest absolute Gasteiger partial charge is 0.274 e. The molecule has 1 N–H and O–H groups in total. The maximum absolute atomic E-state index is 10.7. The highest BCUT2D eigenvalue weighted by Crippen LogP contribution is 2.14. The number of benzene rings is 1. The predicted octanol–water partition coefficient (Wildman–Crippen LogP) is 1.96. The number of H-pyrrole nitrogens is 1. The molecule has 1 aliphatic rings. The number of nitrogens with zero attached hydrogens (tertiary/aromatic N) is 4. The van der Waals surface area contributed by atoms with Crippen molar-refractivity contribution in [1.82, 2.24) is 5.01 Å². The second-order valence-corrected chi connectivity index (χ2v) is 5.68. The molecule has 7 nitrogen and oxygen atoms in total. The lowest BCUT2D eigenvalue weighted by molar-refractivity contribution is -0.384. The van der Waals surface area contributed by atoms with E-state index in [4.69, 9.17) is 0 Å². The highest BCUT2D eigenvalue weighted by molar-refractivity contribution is 5.98. The van der Waals surface area contributed by atoms with Crippen molar-refractivity contribution in [1.29, 1.82) is 0 Å². The van der Waals surface area contributed by atoms with Gasteiger partial charge in [0.1, 0.15) is 13.1 Å². The van der Waals surface area contributed by atoms with Gasteiger partial charge in [0, 0.05) is 18.2 Å². The molecular weight excluding hydrogens is 306 g/mol. The van der Waals surface area contributed by atoms with E-state index in [1.807, 2.05) is 25.3 Å². The SMILES string of the molecule is C/C(=N\N1CCN(c2cccc[nH+]2)CC1)c1ccc([N+](=O)[O-])cc1. The first kappa shape index (κ1) is 15.9. The van der Waals surface area contributed by atoms with Crippen LogP contribution in [-0.4, -0.2) is 41.8 Å². The van der Waals surface area contributed by atoms with Crippen molar-refractivity contribution in [3.8, 4) is 0 Å². The number of pyridine rings is 1. The number of anilines is 1. The molecule has 1 aliphatic heterocycles. The Labute approximate surface area is 140 Å². The number of hydrogen-bond donors (Lipinski definition) is 0. The number of piperazine rings is 1. The topological polar surface area (TPSA) is 76.1 Å². The zero-order chi connectivity index (χ0) is 16.9. The Morgan fingerprint density at radius 3 is 2.42 bits per heavy atom. The maximum Gasteiger partial charge on any atom is 0.274 e. The fourth-order valence-electron chi connectivity index (χ4n) is 2.71. The van der Waals surface area contributed by atoms with Crippen LogP contribution in [0.4, 0.5) is 11.5 Å².